The number of nitrogens with zero attached hydrogens (tertiary/aromatic N) is 2. The maximum Gasteiger partial charge on any atom is 0.270 e. The normalized spacial score (nSPS) is 10.1. The Bertz CT molecular complexity index is 682. The van der Waals surface area contributed by atoms with Gasteiger partial charge in [-0.15, -0.1) is 11.3 Å². The molecule has 0 aliphatic rings. The second-order valence-corrected chi connectivity index (χ2v) is 4.75. The van der Waals surface area contributed by atoms with E-state index in [0.29, 0.717) is 4.88 Å². The molecule has 0 saturated carbocycles. The van der Waals surface area contributed by atoms with Gasteiger partial charge in [0.1, 0.15) is 4.88 Å². The van der Waals surface area contributed by atoms with Crippen LogP contribution in [0.4, 0.5) is 11.4 Å². The number of non-ortho nitro benzene ring substituents is 1. The van der Waals surface area contributed by atoms with Crippen molar-refractivity contribution in [1.82, 2.24) is 4.98 Å². The molecule has 1 aromatic heterocycles. The molecule has 0 aliphatic carbocycles. The molecular formula is C12H9N3O4S. The molecule has 0 unspecified atom stereocenters. The molecule has 0 radical (unpaired) electrons. The first-order valence-electron chi connectivity index (χ1n) is 5.48. The number of thiazole rings is 1. The van der Waals surface area contributed by atoms with Crippen molar-refractivity contribution in [3.05, 3.63) is 50.5 Å². The number of ketones is 1. The van der Waals surface area contributed by atoms with Crippen molar-refractivity contribution in [2.45, 2.75) is 6.92 Å². The summed E-state index contributed by atoms with van der Waals surface area (Å²) < 4.78 is 0. The molecule has 1 amide bonds. The molecule has 0 spiro atoms. The molecule has 0 saturated heterocycles. The molecule has 2 aromatic rings. The first-order valence-corrected chi connectivity index (χ1v) is 6.36. The fourth-order valence-electron chi connectivity index (χ4n) is 1.56. The van der Waals surface area contributed by atoms with Crippen LogP contribution in [0, 0.1) is 10.1 Å². The van der Waals surface area contributed by atoms with Crippen molar-refractivity contribution >= 4 is 34.4 Å². The molecule has 0 atom stereocenters. The summed E-state index contributed by atoms with van der Waals surface area (Å²) in [5, 5.41) is 13.2. The number of Topliss-reactive ketones (excluding diaryl/α,β-unsaturated/α-hetero) is 1. The van der Waals surface area contributed by atoms with Crippen molar-refractivity contribution in [1.29, 1.82) is 0 Å². The number of nitro groups is 1. The zero-order valence-electron chi connectivity index (χ0n) is 10.3. The number of hydrogen-bond donors (Lipinski definition) is 1. The molecule has 0 bridgehead atoms. The minimum Gasteiger partial charge on any atom is -0.321 e. The van der Waals surface area contributed by atoms with Gasteiger partial charge in [-0.1, -0.05) is 0 Å². The number of anilines is 1. The number of amides is 1. The van der Waals surface area contributed by atoms with Gasteiger partial charge in [-0.3, -0.25) is 24.7 Å². The average Bonchev–Trinajstić information content (AvgIpc) is 2.92. The summed E-state index contributed by atoms with van der Waals surface area (Å²) in [6, 6.07) is 3.72. The van der Waals surface area contributed by atoms with Crippen LogP contribution in [0.2, 0.25) is 0 Å². The summed E-state index contributed by atoms with van der Waals surface area (Å²) in [7, 11) is 0. The quantitative estimate of drug-likeness (QED) is 0.529. The largest absolute Gasteiger partial charge is 0.321 e. The summed E-state index contributed by atoms with van der Waals surface area (Å²) in [4.78, 5) is 37.7. The molecular weight excluding hydrogens is 282 g/mol. The van der Waals surface area contributed by atoms with E-state index in [1.165, 1.54) is 30.8 Å². The molecule has 1 N–H and O–H groups in total. The Labute approximate surface area is 117 Å². The van der Waals surface area contributed by atoms with Gasteiger partial charge in [-0.05, 0) is 13.0 Å². The molecule has 0 aliphatic heterocycles. The monoisotopic (exact) mass is 291 g/mol. The van der Waals surface area contributed by atoms with E-state index in [1.807, 2.05) is 0 Å². The summed E-state index contributed by atoms with van der Waals surface area (Å²) in [6.45, 7) is 1.28. The SMILES string of the molecule is CC(=O)c1cc([N+](=O)[O-])ccc1NC(=O)c1cncs1. The van der Waals surface area contributed by atoms with Crippen LogP contribution >= 0.6 is 11.3 Å². The van der Waals surface area contributed by atoms with Crippen LogP contribution in [0.25, 0.3) is 0 Å². The topological polar surface area (TPSA) is 102 Å². The van der Waals surface area contributed by atoms with E-state index in [9.17, 15) is 19.7 Å². The predicted octanol–water partition coefficient (Wildman–Crippen LogP) is 2.51. The van der Waals surface area contributed by atoms with Gasteiger partial charge in [-0.2, -0.15) is 0 Å². The number of carbonyl (C=O) groups excluding carboxylic acids is 2. The Kier molecular flexibility index (Phi) is 3.85. The second-order valence-electron chi connectivity index (χ2n) is 3.86. The van der Waals surface area contributed by atoms with E-state index in [1.54, 1.807) is 0 Å². The lowest BCUT2D eigenvalue weighted by Gasteiger charge is -2.07. The van der Waals surface area contributed by atoms with Crippen molar-refractivity contribution in [3.8, 4) is 0 Å². The van der Waals surface area contributed by atoms with Gasteiger partial charge in [0, 0.05) is 17.7 Å². The Morgan fingerprint density at radius 3 is 2.70 bits per heavy atom. The van der Waals surface area contributed by atoms with E-state index in [0.717, 1.165) is 17.4 Å². The van der Waals surface area contributed by atoms with Crippen LogP contribution in [-0.4, -0.2) is 21.6 Å². The second kappa shape index (κ2) is 5.57. The van der Waals surface area contributed by atoms with E-state index in [2.05, 4.69) is 10.3 Å². The van der Waals surface area contributed by atoms with E-state index in [4.69, 9.17) is 0 Å². The molecule has 1 heterocycles. The number of aromatic nitrogens is 1. The minimum atomic E-state index is -0.596. The Balaban J connectivity index is 2.34. The zero-order chi connectivity index (χ0) is 14.7. The number of rotatable bonds is 4. The Morgan fingerprint density at radius 1 is 1.40 bits per heavy atom. The van der Waals surface area contributed by atoms with Gasteiger partial charge in [0.15, 0.2) is 5.78 Å². The number of nitro benzene ring substituents is 1. The summed E-state index contributed by atoms with van der Waals surface area (Å²) in [5.41, 5.74) is 1.64. The third-order valence-corrected chi connectivity index (χ3v) is 3.27. The molecule has 20 heavy (non-hydrogen) atoms. The average molecular weight is 291 g/mol. The standard InChI is InChI=1S/C12H9N3O4S/c1-7(16)9-4-8(15(18)19)2-3-10(9)14-12(17)11-5-13-6-20-11/h2-6H,1H3,(H,14,17). The maximum absolute atomic E-state index is 11.9. The third-order valence-electron chi connectivity index (χ3n) is 2.50. The fourth-order valence-corrected chi connectivity index (χ4v) is 2.07. The lowest BCUT2D eigenvalue weighted by molar-refractivity contribution is -0.384. The lowest BCUT2D eigenvalue weighted by atomic mass is 10.1. The molecule has 102 valence electrons. The van der Waals surface area contributed by atoms with Crippen molar-refractivity contribution < 1.29 is 14.5 Å². The molecule has 0 fully saturated rings. The van der Waals surface area contributed by atoms with E-state index >= 15 is 0 Å². The first-order chi connectivity index (χ1) is 9.49. The first kappa shape index (κ1) is 13.8. The number of benzene rings is 1. The highest BCUT2D eigenvalue weighted by atomic mass is 32.1. The third kappa shape index (κ3) is 2.86. The van der Waals surface area contributed by atoms with Crippen LogP contribution < -0.4 is 5.32 Å². The molecule has 8 heteroatoms. The predicted molar refractivity (Wildman–Crippen MR) is 73.2 cm³/mol. The summed E-state index contributed by atoms with van der Waals surface area (Å²) in [5.74, 6) is -0.780. The maximum atomic E-state index is 11.9. The van der Waals surface area contributed by atoms with Gasteiger partial charge < -0.3 is 5.32 Å². The smallest absolute Gasteiger partial charge is 0.270 e. The fraction of sp³-hybridized carbons (Fsp3) is 0.0833. The molecule has 2 rings (SSSR count). The van der Waals surface area contributed by atoms with Gasteiger partial charge in [0.05, 0.1) is 22.3 Å². The summed E-state index contributed by atoms with van der Waals surface area (Å²) in [6.07, 6.45) is 1.40. The number of hydrogen-bond acceptors (Lipinski definition) is 6. The van der Waals surface area contributed by atoms with Gasteiger partial charge >= 0.3 is 0 Å². The van der Waals surface area contributed by atoms with E-state index in [-0.39, 0.29) is 22.7 Å². The lowest BCUT2D eigenvalue weighted by Crippen LogP contribution is -2.13. The van der Waals surface area contributed by atoms with Crippen molar-refractivity contribution in [2.75, 3.05) is 5.32 Å². The van der Waals surface area contributed by atoms with Crippen LogP contribution in [0.5, 0.6) is 0 Å². The number of nitrogens with one attached hydrogen (secondary N) is 1. The van der Waals surface area contributed by atoms with E-state index < -0.39 is 10.8 Å². The zero-order valence-corrected chi connectivity index (χ0v) is 11.1. The van der Waals surface area contributed by atoms with Crippen LogP contribution in [0.1, 0.15) is 27.0 Å². The summed E-state index contributed by atoms with van der Waals surface area (Å²) >= 11 is 1.16. The minimum absolute atomic E-state index is 0.0945. The molecule has 7 nitrogen and oxygen atoms in total. The highest BCUT2D eigenvalue weighted by Crippen LogP contribution is 2.23. The highest BCUT2D eigenvalue weighted by molar-refractivity contribution is 7.11. The van der Waals surface area contributed by atoms with Crippen molar-refractivity contribution in [3.63, 3.8) is 0 Å². The number of carbonyl (C=O) groups is 2. The van der Waals surface area contributed by atoms with Crippen LogP contribution in [0.15, 0.2) is 29.9 Å². The molecule has 1 aromatic carbocycles. The van der Waals surface area contributed by atoms with Crippen LogP contribution in [-0.2, 0) is 0 Å². The van der Waals surface area contributed by atoms with Gasteiger partial charge in [0.25, 0.3) is 11.6 Å². The van der Waals surface area contributed by atoms with Gasteiger partial charge in [0.2, 0.25) is 0 Å². The van der Waals surface area contributed by atoms with Crippen molar-refractivity contribution in [2.24, 2.45) is 0 Å². The van der Waals surface area contributed by atoms with Gasteiger partial charge in [-0.25, -0.2) is 0 Å². The van der Waals surface area contributed by atoms with Crippen LogP contribution in [0.3, 0.4) is 0 Å². The Morgan fingerprint density at radius 2 is 2.15 bits per heavy atom. The Hall–Kier alpha value is -2.61. The highest BCUT2D eigenvalue weighted by Gasteiger charge is 2.16.